The summed E-state index contributed by atoms with van der Waals surface area (Å²) in [6.45, 7) is 2.99. The number of piperidine rings is 1. The van der Waals surface area contributed by atoms with Gasteiger partial charge >= 0.3 is 6.09 Å². The Kier molecular flexibility index (Phi) is 4.15. The maximum Gasteiger partial charge on any atom is 0.404 e. The molecule has 0 bridgehead atoms. The number of carbonyl (C=O) groups is 1. The Morgan fingerprint density at radius 2 is 2.19 bits per heavy atom. The molecule has 6 nitrogen and oxygen atoms in total. The predicted octanol–water partition coefficient (Wildman–Crippen LogP) is 1.56. The van der Waals surface area contributed by atoms with E-state index < -0.39 is 6.09 Å². The molecule has 21 heavy (non-hydrogen) atoms. The summed E-state index contributed by atoms with van der Waals surface area (Å²) in [4.78, 5) is 13.0. The van der Waals surface area contributed by atoms with Crippen molar-refractivity contribution in [1.82, 2.24) is 10.2 Å². The van der Waals surface area contributed by atoms with Gasteiger partial charge in [-0.15, -0.1) is 0 Å². The molecule has 2 N–H and O–H groups in total. The van der Waals surface area contributed by atoms with Crippen molar-refractivity contribution >= 4 is 6.09 Å². The van der Waals surface area contributed by atoms with E-state index in [1.807, 2.05) is 24.3 Å². The Bertz CT molecular complexity index is 508. The Balaban J connectivity index is 1.54. The zero-order valence-electron chi connectivity index (χ0n) is 11.8. The van der Waals surface area contributed by atoms with E-state index in [2.05, 4.69) is 10.2 Å². The van der Waals surface area contributed by atoms with Crippen LogP contribution in [-0.4, -0.2) is 54.5 Å². The highest BCUT2D eigenvalue weighted by Gasteiger charge is 2.27. The topological polar surface area (TPSA) is 71.0 Å². The van der Waals surface area contributed by atoms with Crippen LogP contribution in [0.4, 0.5) is 4.79 Å². The second-order valence-electron chi connectivity index (χ2n) is 5.55. The average molecular weight is 292 g/mol. The van der Waals surface area contributed by atoms with Gasteiger partial charge in [-0.25, -0.2) is 4.79 Å². The van der Waals surface area contributed by atoms with Gasteiger partial charge in [0.05, 0.1) is 0 Å². The molecule has 1 fully saturated rings. The van der Waals surface area contributed by atoms with Crippen LogP contribution in [0.5, 0.6) is 11.5 Å². The molecule has 2 unspecified atom stereocenters. The number of ether oxygens (including phenoxy) is 2. The minimum absolute atomic E-state index is 0.00745. The number of benzene rings is 1. The van der Waals surface area contributed by atoms with Gasteiger partial charge in [0.15, 0.2) is 11.5 Å². The molecule has 1 saturated heterocycles. The number of nitrogens with one attached hydrogen (secondary N) is 1. The van der Waals surface area contributed by atoms with E-state index in [4.69, 9.17) is 14.6 Å². The summed E-state index contributed by atoms with van der Waals surface area (Å²) in [5.41, 5.74) is 0. The third-order valence-electron chi connectivity index (χ3n) is 3.86. The fourth-order valence-electron chi connectivity index (χ4n) is 2.95. The minimum Gasteiger partial charge on any atom is -0.486 e. The third kappa shape index (κ3) is 3.58. The molecule has 3 rings (SSSR count). The van der Waals surface area contributed by atoms with Crippen LogP contribution in [0, 0.1) is 0 Å². The molecule has 2 aliphatic heterocycles. The molecule has 114 valence electrons. The van der Waals surface area contributed by atoms with Gasteiger partial charge in [0.25, 0.3) is 0 Å². The average Bonchev–Trinajstić information content (AvgIpc) is 2.47. The summed E-state index contributed by atoms with van der Waals surface area (Å²) in [5, 5.41) is 11.4. The quantitative estimate of drug-likeness (QED) is 0.884. The smallest absolute Gasteiger partial charge is 0.404 e. The number of hydrogen-bond acceptors (Lipinski definition) is 4. The van der Waals surface area contributed by atoms with Gasteiger partial charge < -0.3 is 19.9 Å². The Hall–Kier alpha value is -1.95. The van der Waals surface area contributed by atoms with Gasteiger partial charge in [-0.3, -0.25) is 4.90 Å². The molecule has 0 saturated carbocycles. The van der Waals surface area contributed by atoms with Crippen LogP contribution in [0.25, 0.3) is 0 Å². The number of carboxylic acid groups (broad SMARTS) is 1. The van der Waals surface area contributed by atoms with Crippen molar-refractivity contribution in [3.05, 3.63) is 24.3 Å². The van der Waals surface area contributed by atoms with Gasteiger partial charge in [-0.05, 0) is 31.5 Å². The Morgan fingerprint density at radius 3 is 3.00 bits per heavy atom. The number of hydrogen-bond donors (Lipinski definition) is 2. The fraction of sp³-hybridized carbons (Fsp3) is 0.533. The van der Waals surface area contributed by atoms with Crippen molar-refractivity contribution in [1.29, 1.82) is 0 Å². The van der Waals surface area contributed by atoms with Crippen molar-refractivity contribution in [3.63, 3.8) is 0 Å². The molecular weight excluding hydrogens is 272 g/mol. The number of para-hydroxylation sites is 2. The van der Waals surface area contributed by atoms with Gasteiger partial charge in [0.1, 0.15) is 12.7 Å². The zero-order chi connectivity index (χ0) is 14.7. The molecule has 2 atom stereocenters. The maximum absolute atomic E-state index is 10.7. The van der Waals surface area contributed by atoms with Crippen LogP contribution in [0.15, 0.2) is 24.3 Å². The van der Waals surface area contributed by atoms with Gasteiger partial charge in [0, 0.05) is 19.1 Å². The summed E-state index contributed by atoms with van der Waals surface area (Å²) in [6.07, 6.45) is 0.930. The van der Waals surface area contributed by atoms with E-state index in [9.17, 15) is 4.79 Å². The first kappa shape index (κ1) is 14.0. The zero-order valence-corrected chi connectivity index (χ0v) is 11.8. The second-order valence-corrected chi connectivity index (χ2v) is 5.55. The van der Waals surface area contributed by atoms with E-state index in [-0.39, 0.29) is 12.1 Å². The van der Waals surface area contributed by atoms with E-state index in [1.54, 1.807) is 0 Å². The Morgan fingerprint density at radius 1 is 1.38 bits per heavy atom. The molecule has 0 spiro atoms. The van der Waals surface area contributed by atoms with E-state index >= 15 is 0 Å². The van der Waals surface area contributed by atoms with Crippen molar-refractivity contribution < 1.29 is 19.4 Å². The minimum atomic E-state index is -0.951. The molecule has 1 amide bonds. The standard InChI is InChI=1S/C15H20N2O4/c18-15(19)16-11-4-3-7-17(8-11)9-12-10-20-13-5-1-2-6-14(13)21-12/h1-2,5-6,11-12,16H,3-4,7-10H2,(H,18,19). The summed E-state index contributed by atoms with van der Waals surface area (Å²) >= 11 is 0. The van der Waals surface area contributed by atoms with Crippen LogP contribution in [0.3, 0.4) is 0 Å². The summed E-state index contributed by atoms with van der Waals surface area (Å²) in [7, 11) is 0. The normalized spacial score (nSPS) is 25.3. The van der Waals surface area contributed by atoms with E-state index in [0.717, 1.165) is 44.0 Å². The number of nitrogens with zero attached hydrogens (tertiary/aromatic N) is 1. The molecule has 2 heterocycles. The Labute approximate surface area is 123 Å². The summed E-state index contributed by atoms with van der Waals surface area (Å²) in [6, 6.07) is 7.67. The fourth-order valence-corrected chi connectivity index (χ4v) is 2.95. The van der Waals surface area contributed by atoms with Crippen LogP contribution < -0.4 is 14.8 Å². The maximum atomic E-state index is 10.7. The lowest BCUT2D eigenvalue weighted by Gasteiger charge is -2.36. The lowest BCUT2D eigenvalue weighted by Crippen LogP contribution is -2.51. The predicted molar refractivity (Wildman–Crippen MR) is 77.0 cm³/mol. The van der Waals surface area contributed by atoms with Gasteiger partial charge in [-0.2, -0.15) is 0 Å². The molecule has 2 aliphatic rings. The van der Waals surface area contributed by atoms with E-state index in [1.165, 1.54) is 0 Å². The highest BCUT2D eigenvalue weighted by Crippen LogP contribution is 2.31. The number of amides is 1. The number of fused-ring (bicyclic) bond motifs is 1. The number of likely N-dealkylation sites (tertiary alicyclic amines) is 1. The van der Waals surface area contributed by atoms with Crippen molar-refractivity contribution in [2.45, 2.75) is 25.0 Å². The van der Waals surface area contributed by atoms with Gasteiger partial charge in [0.2, 0.25) is 0 Å². The first-order chi connectivity index (χ1) is 10.2. The molecule has 1 aromatic rings. The first-order valence-electron chi connectivity index (χ1n) is 7.31. The molecule has 1 aromatic carbocycles. The molecular formula is C15H20N2O4. The third-order valence-corrected chi connectivity index (χ3v) is 3.86. The lowest BCUT2D eigenvalue weighted by molar-refractivity contribution is 0.0487. The van der Waals surface area contributed by atoms with Crippen molar-refractivity contribution in [2.75, 3.05) is 26.2 Å². The lowest BCUT2D eigenvalue weighted by atomic mass is 10.1. The molecule has 6 heteroatoms. The molecule has 0 aliphatic carbocycles. The van der Waals surface area contributed by atoms with Crippen LogP contribution in [0.2, 0.25) is 0 Å². The van der Waals surface area contributed by atoms with Gasteiger partial charge in [-0.1, -0.05) is 12.1 Å². The largest absolute Gasteiger partial charge is 0.486 e. The first-order valence-corrected chi connectivity index (χ1v) is 7.31. The highest BCUT2D eigenvalue weighted by atomic mass is 16.6. The van der Waals surface area contributed by atoms with Crippen molar-refractivity contribution in [3.8, 4) is 11.5 Å². The van der Waals surface area contributed by atoms with Crippen molar-refractivity contribution in [2.24, 2.45) is 0 Å². The second kappa shape index (κ2) is 6.22. The van der Waals surface area contributed by atoms with Crippen LogP contribution >= 0.6 is 0 Å². The SMILES string of the molecule is O=C(O)NC1CCCN(CC2COc3ccccc3O2)C1. The molecule has 0 radical (unpaired) electrons. The van der Waals surface area contributed by atoms with E-state index in [0.29, 0.717) is 6.61 Å². The summed E-state index contributed by atoms with van der Waals surface area (Å²) in [5.74, 6) is 1.57. The molecule has 0 aromatic heterocycles. The summed E-state index contributed by atoms with van der Waals surface area (Å²) < 4.78 is 11.7. The highest BCUT2D eigenvalue weighted by molar-refractivity contribution is 5.64. The van der Waals surface area contributed by atoms with Crippen LogP contribution in [-0.2, 0) is 0 Å². The number of rotatable bonds is 3. The monoisotopic (exact) mass is 292 g/mol. The van der Waals surface area contributed by atoms with Crippen LogP contribution in [0.1, 0.15) is 12.8 Å².